The third kappa shape index (κ3) is 7.28. The van der Waals surface area contributed by atoms with Gasteiger partial charge in [-0.3, -0.25) is 9.69 Å². The summed E-state index contributed by atoms with van der Waals surface area (Å²) < 4.78 is 44.3. The molecule has 0 bridgehead atoms. The molecule has 10 nitrogen and oxygen atoms in total. The van der Waals surface area contributed by atoms with E-state index in [0.29, 0.717) is 28.5 Å². The van der Waals surface area contributed by atoms with Crippen molar-refractivity contribution in [2.45, 2.75) is 11.3 Å². The first-order chi connectivity index (χ1) is 18.2. The van der Waals surface area contributed by atoms with Gasteiger partial charge in [-0.2, -0.15) is 4.31 Å². The number of fused-ring (bicyclic) bond motifs is 1. The molecule has 0 saturated carbocycles. The van der Waals surface area contributed by atoms with Gasteiger partial charge in [-0.1, -0.05) is 17.4 Å². The van der Waals surface area contributed by atoms with Crippen LogP contribution in [0.2, 0.25) is 0 Å². The lowest BCUT2D eigenvalue weighted by molar-refractivity contribution is 0.0986. The fourth-order valence-electron chi connectivity index (χ4n) is 3.83. The molecule has 38 heavy (non-hydrogen) atoms. The Kier molecular flexibility index (Phi) is 11.0. The van der Waals surface area contributed by atoms with Crippen LogP contribution in [0.1, 0.15) is 16.8 Å². The number of aromatic nitrogens is 1. The Labute approximate surface area is 228 Å². The zero-order valence-corrected chi connectivity index (χ0v) is 24.2. The third-order valence-corrected chi connectivity index (χ3v) is 8.84. The molecule has 0 aliphatic rings. The minimum Gasteiger partial charge on any atom is -0.494 e. The van der Waals surface area contributed by atoms with E-state index >= 15 is 0 Å². The fraction of sp³-hybridized carbons (Fsp3) is 0.462. The lowest BCUT2D eigenvalue weighted by atomic mass is 10.2. The van der Waals surface area contributed by atoms with Gasteiger partial charge in [-0.25, -0.2) is 13.4 Å². The molecule has 0 spiro atoms. The maximum atomic E-state index is 13.7. The smallest absolute Gasteiger partial charge is 0.260 e. The fourth-order valence-corrected chi connectivity index (χ4v) is 6.25. The standard InChI is InChI=1S/C26H36N4O6S2/c1-28(2)14-7-15-30(26-27-24-22(36-5)8-6-9-23(24)37-26)25(31)20-10-12-21(13-11-20)38(32,33)29(16-18-34-3)17-19-35-4/h6,8-13H,7,14-19H2,1-5H3. The van der Waals surface area contributed by atoms with Crippen molar-refractivity contribution in [2.75, 3.05) is 79.7 Å². The Morgan fingerprint density at radius 1 is 0.921 bits per heavy atom. The van der Waals surface area contributed by atoms with E-state index < -0.39 is 10.0 Å². The number of carbonyl (C=O) groups is 1. The minimum absolute atomic E-state index is 0.102. The minimum atomic E-state index is -3.79. The van der Waals surface area contributed by atoms with E-state index in [0.717, 1.165) is 17.7 Å². The molecule has 208 valence electrons. The highest BCUT2D eigenvalue weighted by Crippen LogP contribution is 2.34. The first-order valence-electron chi connectivity index (χ1n) is 12.2. The van der Waals surface area contributed by atoms with E-state index in [1.165, 1.54) is 42.0 Å². The number of nitrogens with zero attached hydrogens (tertiary/aromatic N) is 4. The maximum absolute atomic E-state index is 13.7. The van der Waals surface area contributed by atoms with Gasteiger partial charge < -0.3 is 19.1 Å². The van der Waals surface area contributed by atoms with Crippen molar-refractivity contribution in [1.29, 1.82) is 0 Å². The summed E-state index contributed by atoms with van der Waals surface area (Å²) in [6.45, 7) is 2.17. The van der Waals surface area contributed by atoms with Gasteiger partial charge in [0.25, 0.3) is 5.91 Å². The summed E-state index contributed by atoms with van der Waals surface area (Å²) in [7, 11) is 4.81. The average molecular weight is 565 g/mol. The number of rotatable bonds is 15. The first kappa shape index (κ1) is 29.9. The van der Waals surface area contributed by atoms with Crippen molar-refractivity contribution < 1.29 is 27.4 Å². The molecule has 0 aliphatic heterocycles. The molecule has 0 atom stereocenters. The summed E-state index contributed by atoms with van der Waals surface area (Å²) in [4.78, 5) is 22.2. The summed E-state index contributed by atoms with van der Waals surface area (Å²) in [6.07, 6.45) is 0.742. The largest absolute Gasteiger partial charge is 0.494 e. The van der Waals surface area contributed by atoms with E-state index in [1.54, 1.807) is 24.1 Å². The van der Waals surface area contributed by atoms with Gasteiger partial charge in [0.1, 0.15) is 11.3 Å². The van der Waals surface area contributed by atoms with E-state index in [2.05, 4.69) is 4.90 Å². The van der Waals surface area contributed by atoms with Crippen LogP contribution in [0.3, 0.4) is 0 Å². The Bertz CT molecular complexity index is 1290. The number of benzene rings is 2. The van der Waals surface area contributed by atoms with Crippen LogP contribution in [0.4, 0.5) is 5.13 Å². The molecule has 0 radical (unpaired) electrons. The average Bonchev–Trinajstić information content (AvgIpc) is 3.34. The van der Waals surface area contributed by atoms with Gasteiger partial charge in [-0.15, -0.1) is 0 Å². The summed E-state index contributed by atoms with van der Waals surface area (Å²) in [6, 6.07) is 11.7. The quantitative estimate of drug-likeness (QED) is 0.277. The number of para-hydroxylation sites is 1. The summed E-state index contributed by atoms with van der Waals surface area (Å²) in [5.41, 5.74) is 1.08. The van der Waals surface area contributed by atoms with Crippen LogP contribution in [0.15, 0.2) is 47.4 Å². The molecule has 0 aliphatic carbocycles. The number of sulfonamides is 1. The molecule has 2 aromatic carbocycles. The van der Waals surface area contributed by atoms with Crippen molar-refractivity contribution in [2.24, 2.45) is 0 Å². The van der Waals surface area contributed by atoms with Gasteiger partial charge >= 0.3 is 0 Å². The predicted octanol–water partition coefficient (Wildman–Crippen LogP) is 3.19. The molecule has 0 fully saturated rings. The number of hydrogen-bond acceptors (Lipinski definition) is 9. The van der Waals surface area contributed by atoms with Crippen LogP contribution in [0.25, 0.3) is 10.2 Å². The number of amides is 1. The lowest BCUT2D eigenvalue weighted by Gasteiger charge is -2.22. The van der Waals surface area contributed by atoms with Crippen LogP contribution < -0.4 is 9.64 Å². The molecular formula is C26H36N4O6S2. The second kappa shape index (κ2) is 14.0. The number of ether oxygens (including phenoxy) is 3. The van der Waals surface area contributed by atoms with Gasteiger partial charge in [0.15, 0.2) is 5.13 Å². The van der Waals surface area contributed by atoms with E-state index in [-0.39, 0.29) is 37.1 Å². The van der Waals surface area contributed by atoms with Gasteiger partial charge in [0.2, 0.25) is 10.0 Å². The second-order valence-corrected chi connectivity index (χ2v) is 11.8. The van der Waals surface area contributed by atoms with Gasteiger partial charge in [-0.05, 0) is 63.5 Å². The molecule has 0 unspecified atom stereocenters. The molecule has 1 heterocycles. The van der Waals surface area contributed by atoms with Crippen molar-refractivity contribution in [3.8, 4) is 5.75 Å². The second-order valence-electron chi connectivity index (χ2n) is 8.83. The Hall–Kier alpha value is -2.61. The van der Waals surface area contributed by atoms with E-state index in [4.69, 9.17) is 19.2 Å². The monoisotopic (exact) mass is 564 g/mol. The van der Waals surface area contributed by atoms with Crippen molar-refractivity contribution in [1.82, 2.24) is 14.2 Å². The lowest BCUT2D eigenvalue weighted by Crippen LogP contribution is -2.36. The predicted molar refractivity (Wildman–Crippen MR) is 150 cm³/mol. The van der Waals surface area contributed by atoms with Crippen molar-refractivity contribution in [3.05, 3.63) is 48.0 Å². The Morgan fingerprint density at radius 3 is 2.16 bits per heavy atom. The summed E-state index contributed by atoms with van der Waals surface area (Å²) in [5.74, 6) is 0.396. The van der Waals surface area contributed by atoms with E-state index in [9.17, 15) is 13.2 Å². The number of methoxy groups -OCH3 is 3. The molecule has 0 saturated heterocycles. The number of hydrogen-bond donors (Lipinski definition) is 0. The molecule has 12 heteroatoms. The first-order valence-corrected chi connectivity index (χ1v) is 14.5. The molecular weight excluding hydrogens is 528 g/mol. The van der Waals surface area contributed by atoms with Crippen molar-refractivity contribution >= 4 is 42.6 Å². The zero-order chi connectivity index (χ0) is 27.7. The third-order valence-electron chi connectivity index (χ3n) is 5.88. The van der Waals surface area contributed by atoms with Crippen LogP contribution in [0, 0.1) is 0 Å². The highest BCUT2D eigenvalue weighted by atomic mass is 32.2. The van der Waals surface area contributed by atoms with Crippen LogP contribution >= 0.6 is 11.3 Å². The molecule has 0 N–H and O–H groups in total. The van der Waals surface area contributed by atoms with Crippen LogP contribution in [0.5, 0.6) is 5.75 Å². The maximum Gasteiger partial charge on any atom is 0.260 e. The topological polar surface area (TPSA) is 102 Å². The Morgan fingerprint density at radius 2 is 1.58 bits per heavy atom. The highest BCUT2D eigenvalue weighted by Gasteiger charge is 2.26. The van der Waals surface area contributed by atoms with Crippen molar-refractivity contribution in [3.63, 3.8) is 0 Å². The highest BCUT2D eigenvalue weighted by molar-refractivity contribution is 7.89. The molecule has 1 aromatic heterocycles. The van der Waals surface area contributed by atoms with E-state index in [1.807, 2.05) is 32.3 Å². The molecule has 3 rings (SSSR count). The zero-order valence-electron chi connectivity index (χ0n) is 22.5. The number of carbonyl (C=O) groups excluding carboxylic acids is 1. The Balaban J connectivity index is 1.90. The van der Waals surface area contributed by atoms with Gasteiger partial charge in [0.05, 0.1) is 29.9 Å². The van der Waals surface area contributed by atoms with Crippen LogP contribution in [-0.2, 0) is 19.5 Å². The molecule has 3 aromatic rings. The summed E-state index contributed by atoms with van der Waals surface area (Å²) in [5, 5.41) is 0.565. The van der Waals surface area contributed by atoms with Gasteiger partial charge in [0, 0.05) is 39.4 Å². The SMILES string of the molecule is COCCN(CCOC)S(=O)(=O)c1ccc(C(=O)N(CCCN(C)C)c2nc3c(OC)cccc3s2)cc1. The summed E-state index contributed by atoms with van der Waals surface area (Å²) >= 11 is 1.42. The number of thiazole rings is 1. The normalized spacial score (nSPS) is 12.0. The van der Waals surface area contributed by atoms with Crippen LogP contribution in [-0.4, -0.2) is 103 Å². The molecule has 1 amide bonds. The number of anilines is 1.